The summed E-state index contributed by atoms with van der Waals surface area (Å²) in [7, 11) is 0. The summed E-state index contributed by atoms with van der Waals surface area (Å²) in [6, 6.07) is 10.6. The molecule has 1 aromatic heterocycles. The van der Waals surface area contributed by atoms with Gasteiger partial charge in [-0.25, -0.2) is 4.79 Å². The molecule has 1 saturated carbocycles. The van der Waals surface area contributed by atoms with Gasteiger partial charge in [-0.05, 0) is 44.2 Å². The van der Waals surface area contributed by atoms with Crippen LogP contribution in [0.1, 0.15) is 50.8 Å². The number of nitrogens with zero attached hydrogens (tertiary/aromatic N) is 3. The van der Waals surface area contributed by atoms with E-state index < -0.39 is 0 Å². The van der Waals surface area contributed by atoms with Crippen LogP contribution in [0.2, 0.25) is 0 Å². The molecule has 1 aromatic carbocycles. The minimum atomic E-state index is 0.109. The Bertz CT molecular complexity index is 724. The first-order chi connectivity index (χ1) is 12.8. The maximum Gasteiger partial charge on any atom is 0.317 e. The zero-order valence-corrected chi connectivity index (χ0v) is 15.1. The topological polar surface area (TPSA) is 71.3 Å². The molecule has 6 nitrogen and oxygen atoms in total. The summed E-state index contributed by atoms with van der Waals surface area (Å²) < 4.78 is 5.37. The van der Waals surface area contributed by atoms with Gasteiger partial charge in [-0.3, -0.25) is 0 Å². The number of benzene rings is 1. The van der Waals surface area contributed by atoms with Gasteiger partial charge in [0.2, 0.25) is 0 Å². The molecule has 1 aliphatic carbocycles. The molecule has 2 aromatic rings. The summed E-state index contributed by atoms with van der Waals surface area (Å²) in [6.45, 7) is 0.852. The molecule has 1 unspecified atom stereocenters. The lowest BCUT2D eigenvalue weighted by atomic mass is 10.1. The normalized spacial score (nSPS) is 20.6. The summed E-state index contributed by atoms with van der Waals surface area (Å²) in [5, 5.41) is 7.31. The van der Waals surface area contributed by atoms with E-state index in [4.69, 9.17) is 4.52 Å². The predicted octanol–water partition coefficient (Wildman–Crippen LogP) is 3.79. The number of aryl methyl sites for hydroxylation is 1. The zero-order valence-electron chi connectivity index (χ0n) is 15.1. The van der Waals surface area contributed by atoms with Gasteiger partial charge < -0.3 is 14.7 Å². The quantitative estimate of drug-likeness (QED) is 0.887. The molecule has 4 rings (SSSR count). The van der Waals surface area contributed by atoms with Crippen molar-refractivity contribution in [2.75, 3.05) is 6.54 Å². The number of rotatable bonds is 5. The molecular weight excluding hydrogens is 328 g/mol. The van der Waals surface area contributed by atoms with Gasteiger partial charge in [0, 0.05) is 30.6 Å². The summed E-state index contributed by atoms with van der Waals surface area (Å²) in [5.41, 5.74) is 0.935. The molecule has 2 aliphatic rings. The Morgan fingerprint density at radius 1 is 1.15 bits per heavy atom. The minimum absolute atomic E-state index is 0.109. The predicted molar refractivity (Wildman–Crippen MR) is 98.6 cm³/mol. The van der Waals surface area contributed by atoms with Crippen molar-refractivity contribution in [2.45, 2.75) is 63.5 Å². The SMILES string of the molecule is O=C(NC1CCCC1)N1CCCC1CCc1noc(-c2ccccc2)n1. The van der Waals surface area contributed by atoms with Gasteiger partial charge in [0.05, 0.1) is 0 Å². The lowest BCUT2D eigenvalue weighted by Crippen LogP contribution is -2.46. The number of aromatic nitrogens is 2. The monoisotopic (exact) mass is 354 g/mol. The molecule has 0 radical (unpaired) electrons. The van der Waals surface area contributed by atoms with Crippen molar-refractivity contribution in [3.8, 4) is 11.5 Å². The van der Waals surface area contributed by atoms with Gasteiger partial charge in [-0.15, -0.1) is 0 Å². The number of nitrogens with one attached hydrogen (secondary N) is 1. The largest absolute Gasteiger partial charge is 0.335 e. The molecule has 1 N–H and O–H groups in total. The fraction of sp³-hybridized carbons (Fsp3) is 0.550. The molecule has 2 heterocycles. The van der Waals surface area contributed by atoms with E-state index in [-0.39, 0.29) is 12.1 Å². The molecule has 1 aliphatic heterocycles. The molecule has 26 heavy (non-hydrogen) atoms. The third-order valence-electron chi connectivity index (χ3n) is 5.51. The van der Waals surface area contributed by atoms with Crippen LogP contribution in [0.3, 0.4) is 0 Å². The van der Waals surface area contributed by atoms with E-state index >= 15 is 0 Å². The van der Waals surface area contributed by atoms with Crippen LogP contribution in [-0.4, -0.2) is 39.7 Å². The van der Waals surface area contributed by atoms with Crippen LogP contribution >= 0.6 is 0 Å². The first-order valence-corrected chi connectivity index (χ1v) is 9.75. The van der Waals surface area contributed by atoms with Crippen molar-refractivity contribution >= 4 is 6.03 Å². The van der Waals surface area contributed by atoms with Gasteiger partial charge in [0.15, 0.2) is 5.82 Å². The number of likely N-dealkylation sites (tertiary alicyclic amines) is 1. The highest BCUT2D eigenvalue weighted by atomic mass is 16.5. The molecule has 6 heteroatoms. The molecule has 1 atom stereocenters. The van der Waals surface area contributed by atoms with Crippen molar-refractivity contribution in [3.05, 3.63) is 36.2 Å². The van der Waals surface area contributed by atoms with E-state index in [9.17, 15) is 4.79 Å². The van der Waals surface area contributed by atoms with Gasteiger partial charge in [0.1, 0.15) is 0 Å². The number of urea groups is 1. The van der Waals surface area contributed by atoms with Crippen molar-refractivity contribution in [1.82, 2.24) is 20.4 Å². The van der Waals surface area contributed by atoms with Gasteiger partial charge >= 0.3 is 6.03 Å². The van der Waals surface area contributed by atoms with Gasteiger partial charge in [-0.2, -0.15) is 4.98 Å². The van der Waals surface area contributed by atoms with E-state index in [0.717, 1.165) is 50.6 Å². The molecule has 0 spiro atoms. The third-order valence-corrected chi connectivity index (χ3v) is 5.51. The molecule has 0 bridgehead atoms. The summed E-state index contributed by atoms with van der Waals surface area (Å²) >= 11 is 0. The first-order valence-electron chi connectivity index (χ1n) is 9.75. The molecule has 2 amide bonds. The number of amides is 2. The highest BCUT2D eigenvalue weighted by Gasteiger charge is 2.30. The van der Waals surface area contributed by atoms with Crippen molar-refractivity contribution in [3.63, 3.8) is 0 Å². The molecule has 1 saturated heterocycles. The maximum absolute atomic E-state index is 12.6. The summed E-state index contributed by atoms with van der Waals surface area (Å²) in [5.74, 6) is 1.27. The fourth-order valence-electron chi connectivity index (χ4n) is 4.08. The Kier molecular flexibility index (Phi) is 5.18. The third kappa shape index (κ3) is 3.89. The van der Waals surface area contributed by atoms with Crippen LogP contribution in [0, 0.1) is 0 Å². The number of hydrogen-bond acceptors (Lipinski definition) is 4. The van der Waals surface area contributed by atoms with E-state index in [1.807, 2.05) is 35.2 Å². The Hall–Kier alpha value is -2.37. The van der Waals surface area contributed by atoms with Crippen molar-refractivity contribution < 1.29 is 9.32 Å². The second kappa shape index (κ2) is 7.89. The molecular formula is C20H26N4O2. The minimum Gasteiger partial charge on any atom is -0.335 e. The summed E-state index contributed by atoms with van der Waals surface area (Å²) in [6.07, 6.45) is 8.45. The lowest BCUT2D eigenvalue weighted by Gasteiger charge is -2.26. The second-order valence-electron chi connectivity index (χ2n) is 7.34. The Labute approximate surface area is 154 Å². The number of carbonyl (C=O) groups excluding carboxylic acids is 1. The standard InChI is InChI=1S/C20H26N4O2/c25-20(21-16-9-4-5-10-16)24-14-6-11-17(24)12-13-18-22-19(26-23-18)15-7-2-1-3-8-15/h1-3,7-8,16-17H,4-6,9-14H2,(H,21,25). The molecule has 138 valence electrons. The van der Waals surface area contributed by atoms with Crippen LogP contribution in [0.4, 0.5) is 4.79 Å². The lowest BCUT2D eigenvalue weighted by molar-refractivity contribution is 0.186. The van der Waals surface area contributed by atoms with Crippen molar-refractivity contribution in [1.29, 1.82) is 0 Å². The fourth-order valence-corrected chi connectivity index (χ4v) is 4.08. The van der Waals surface area contributed by atoms with E-state index in [1.165, 1.54) is 12.8 Å². The van der Waals surface area contributed by atoms with Crippen LogP contribution in [0.5, 0.6) is 0 Å². The van der Waals surface area contributed by atoms with Crippen molar-refractivity contribution in [2.24, 2.45) is 0 Å². The Morgan fingerprint density at radius 2 is 1.96 bits per heavy atom. The average Bonchev–Trinajstić information content (AvgIpc) is 3.42. The van der Waals surface area contributed by atoms with Crippen LogP contribution in [-0.2, 0) is 6.42 Å². The van der Waals surface area contributed by atoms with Gasteiger partial charge in [-0.1, -0.05) is 36.2 Å². The number of hydrogen-bond donors (Lipinski definition) is 1. The van der Waals surface area contributed by atoms with Crippen LogP contribution in [0.15, 0.2) is 34.9 Å². The van der Waals surface area contributed by atoms with Gasteiger partial charge in [0.25, 0.3) is 5.89 Å². The molecule has 2 fully saturated rings. The average molecular weight is 354 g/mol. The van der Waals surface area contributed by atoms with E-state index in [2.05, 4.69) is 15.5 Å². The zero-order chi connectivity index (χ0) is 17.8. The Morgan fingerprint density at radius 3 is 2.77 bits per heavy atom. The first kappa shape index (κ1) is 17.1. The maximum atomic E-state index is 12.6. The van der Waals surface area contributed by atoms with Crippen LogP contribution in [0.25, 0.3) is 11.5 Å². The Balaban J connectivity index is 1.32. The highest BCUT2D eigenvalue weighted by molar-refractivity contribution is 5.75. The summed E-state index contributed by atoms with van der Waals surface area (Å²) in [4.78, 5) is 19.1. The van der Waals surface area contributed by atoms with Crippen LogP contribution < -0.4 is 5.32 Å². The smallest absolute Gasteiger partial charge is 0.317 e. The van der Waals surface area contributed by atoms with E-state index in [1.54, 1.807) is 0 Å². The second-order valence-corrected chi connectivity index (χ2v) is 7.34. The number of carbonyl (C=O) groups is 1. The highest BCUT2D eigenvalue weighted by Crippen LogP contribution is 2.24. The van der Waals surface area contributed by atoms with E-state index in [0.29, 0.717) is 17.8 Å².